The summed E-state index contributed by atoms with van der Waals surface area (Å²) in [5, 5.41) is 7.46. The van der Waals surface area contributed by atoms with Crippen LogP contribution in [0.25, 0.3) is 0 Å². The van der Waals surface area contributed by atoms with E-state index in [1.807, 2.05) is 13.8 Å². The summed E-state index contributed by atoms with van der Waals surface area (Å²) in [6.07, 6.45) is 6.49. The zero-order valence-corrected chi connectivity index (χ0v) is 20.8. The van der Waals surface area contributed by atoms with Gasteiger partial charge in [0.05, 0.1) is 6.61 Å². The Hall–Kier alpha value is -0.920. The lowest BCUT2D eigenvalue weighted by Gasteiger charge is -2.54. The number of carbonyl (C=O) groups is 1. The number of carbonyl (C=O) groups excluding carboxylic acids is 1. The number of thioether (sulfide) groups is 1. The highest BCUT2D eigenvalue weighted by atomic mass is 35.5. The number of nitrogens with one attached hydrogen (secondary N) is 1. The van der Waals surface area contributed by atoms with E-state index in [9.17, 15) is 4.79 Å². The van der Waals surface area contributed by atoms with Crippen molar-refractivity contribution in [2.75, 3.05) is 18.9 Å². The van der Waals surface area contributed by atoms with Gasteiger partial charge in [0, 0.05) is 23.8 Å². The number of amides is 1. The molecule has 8 heteroatoms. The van der Waals surface area contributed by atoms with Crippen molar-refractivity contribution in [3.05, 3.63) is 5.76 Å². The summed E-state index contributed by atoms with van der Waals surface area (Å²) in [6, 6.07) is 0.277. The fraction of sp³-hybridized carbons (Fsp3) is 0.826. The molecular formula is C23H38ClN3O3S. The quantitative estimate of drug-likeness (QED) is 0.504. The van der Waals surface area contributed by atoms with Crippen LogP contribution in [0.15, 0.2) is 9.42 Å². The van der Waals surface area contributed by atoms with Crippen molar-refractivity contribution in [2.24, 2.45) is 40.7 Å². The van der Waals surface area contributed by atoms with Crippen LogP contribution in [-0.4, -0.2) is 36.0 Å². The molecule has 31 heavy (non-hydrogen) atoms. The smallest absolute Gasteiger partial charge is 0.291 e. The van der Waals surface area contributed by atoms with Crippen molar-refractivity contribution in [1.29, 1.82) is 0 Å². The second-order valence-electron chi connectivity index (χ2n) is 10.9. The van der Waals surface area contributed by atoms with E-state index in [1.165, 1.54) is 32.1 Å². The highest BCUT2D eigenvalue weighted by Crippen LogP contribution is 2.53. The third-order valence-electron chi connectivity index (χ3n) is 7.06. The number of rotatable bonds is 9. The van der Waals surface area contributed by atoms with E-state index in [1.54, 1.807) is 11.8 Å². The van der Waals surface area contributed by atoms with Crippen LogP contribution in [0.5, 0.6) is 5.88 Å². The van der Waals surface area contributed by atoms with Crippen molar-refractivity contribution < 1.29 is 14.1 Å². The van der Waals surface area contributed by atoms with Crippen LogP contribution in [0, 0.1) is 35.0 Å². The van der Waals surface area contributed by atoms with E-state index in [-0.39, 0.29) is 29.8 Å². The molecule has 0 unspecified atom stereocenters. The first kappa shape index (κ1) is 24.7. The van der Waals surface area contributed by atoms with Crippen LogP contribution in [0.4, 0.5) is 0 Å². The van der Waals surface area contributed by atoms with Crippen LogP contribution in [0.1, 0.15) is 70.4 Å². The first-order valence-corrected chi connectivity index (χ1v) is 12.5. The molecule has 4 aliphatic rings. The van der Waals surface area contributed by atoms with Crippen molar-refractivity contribution in [3.8, 4) is 5.88 Å². The normalized spacial score (nSPS) is 29.2. The number of nitrogens with zero attached hydrogens (tertiary/aromatic N) is 1. The van der Waals surface area contributed by atoms with Crippen LogP contribution in [0.3, 0.4) is 0 Å². The number of hydrogen-bond donors (Lipinski definition) is 2. The number of aromatic nitrogens is 1. The molecule has 0 aliphatic heterocycles. The standard InChI is InChI=1S/C23H37N3O3S.ClH/c1-13(2)10-30-20-19(29-26-22(20)28-12-23(3,4)11-24)21(27)25-18-16-6-14-5-15(8-16)9-17(18)7-14;/h13-18H,5-12,24H2,1-4H3,(H,25,27);1H. The summed E-state index contributed by atoms with van der Waals surface area (Å²) < 4.78 is 11.5. The fourth-order valence-electron chi connectivity index (χ4n) is 5.58. The van der Waals surface area contributed by atoms with Crippen molar-refractivity contribution >= 4 is 30.1 Å². The maximum Gasteiger partial charge on any atom is 0.291 e. The molecule has 3 N–H and O–H groups in total. The fourth-order valence-corrected chi connectivity index (χ4v) is 6.56. The molecule has 4 bridgehead atoms. The Morgan fingerprint density at radius 2 is 1.84 bits per heavy atom. The summed E-state index contributed by atoms with van der Waals surface area (Å²) in [4.78, 5) is 14.0. The average Bonchev–Trinajstić information content (AvgIpc) is 3.10. The minimum absolute atomic E-state index is 0. The molecule has 4 saturated carbocycles. The third-order valence-corrected chi connectivity index (χ3v) is 8.55. The van der Waals surface area contributed by atoms with Crippen LogP contribution in [-0.2, 0) is 0 Å². The van der Waals surface area contributed by atoms with Gasteiger partial charge < -0.3 is 20.3 Å². The van der Waals surface area contributed by atoms with Gasteiger partial charge in [-0.05, 0) is 66.9 Å². The van der Waals surface area contributed by atoms with Gasteiger partial charge in [0.25, 0.3) is 11.8 Å². The Balaban J connectivity index is 0.00000272. The van der Waals surface area contributed by atoms with Crippen LogP contribution < -0.4 is 15.8 Å². The first-order valence-electron chi connectivity index (χ1n) is 11.5. The van der Waals surface area contributed by atoms with Crippen molar-refractivity contribution in [3.63, 3.8) is 0 Å². The van der Waals surface area contributed by atoms with E-state index in [2.05, 4.69) is 24.3 Å². The van der Waals surface area contributed by atoms with Gasteiger partial charge in [-0.15, -0.1) is 24.2 Å². The molecular weight excluding hydrogens is 434 g/mol. The number of ether oxygens (including phenoxy) is 1. The van der Waals surface area contributed by atoms with Gasteiger partial charge in [0.2, 0.25) is 5.76 Å². The van der Waals surface area contributed by atoms with Gasteiger partial charge in [-0.3, -0.25) is 4.79 Å². The van der Waals surface area contributed by atoms with E-state index in [0.29, 0.717) is 42.5 Å². The highest BCUT2D eigenvalue weighted by molar-refractivity contribution is 7.99. The number of halogens is 1. The van der Waals surface area contributed by atoms with Crippen LogP contribution >= 0.6 is 24.2 Å². The molecule has 1 amide bonds. The lowest BCUT2D eigenvalue weighted by molar-refractivity contribution is -0.0124. The van der Waals surface area contributed by atoms with Gasteiger partial charge in [-0.25, -0.2) is 0 Å². The molecule has 5 rings (SSSR count). The average molecular weight is 472 g/mol. The maximum absolute atomic E-state index is 13.2. The topological polar surface area (TPSA) is 90.4 Å². The monoisotopic (exact) mass is 471 g/mol. The molecule has 1 aromatic rings. The molecule has 4 fully saturated rings. The zero-order chi connectivity index (χ0) is 21.5. The second-order valence-corrected chi connectivity index (χ2v) is 12.0. The Morgan fingerprint density at radius 3 is 2.39 bits per heavy atom. The van der Waals surface area contributed by atoms with E-state index < -0.39 is 0 Å². The van der Waals surface area contributed by atoms with Crippen molar-refractivity contribution in [1.82, 2.24) is 10.5 Å². The highest BCUT2D eigenvalue weighted by Gasteiger charge is 2.49. The van der Waals surface area contributed by atoms with Gasteiger partial charge in [-0.2, -0.15) is 0 Å². The molecule has 0 aromatic carbocycles. The summed E-state index contributed by atoms with van der Waals surface area (Å²) in [5.41, 5.74) is 5.66. The Bertz CT molecular complexity index is 739. The molecule has 4 aliphatic carbocycles. The van der Waals surface area contributed by atoms with Gasteiger partial charge in [0.15, 0.2) is 0 Å². The minimum Gasteiger partial charge on any atom is -0.474 e. The molecule has 0 atom stereocenters. The molecule has 1 heterocycles. The summed E-state index contributed by atoms with van der Waals surface area (Å²) in [7, 11) is 0. The van der Waals surface area contributed by atoms with Gasteiger partial charge in [-0.1, -0.05) is 27.7 Å². The van der Waals surface area contributed by atoms with E-state index in [0.717, 1.165) is 22.5 Å². The molecule has 176 valence electrons. The first-order chi connectivity index (χ1) is 14.3. The Morgan fingerprint density at radius 1 is 1.23 bits per heavy atom. The molecule has 0 saturated heterocycles. The lowest BCUT2D eigenvalue weighted by atomic mass is 9.54. The predicted molar refractivity (Wildman–Crippen MR) is 126 cm³/mol. The molecule has 0 spiro atoms. The maximum atomic E-state index is 13.2. The van der Waals surface area contributed by atoms with Crippen LogP contribution in [0.2, 0.25) is 0 Å². The summed E-state index contributed by atoms with van der Waals surface area (Å²) >= 11 is 1.59. The summed E-state index contributed by atoms with van der Waals surface area (Å²) in [6.45, 7) is 9.36. The molecule has 6 nitrogen and oxygen atoms in total. The molecule has 1 aromatic heterocycles. The van der Waals surface area contributed by atoms with E-state index in [4.69, 9.17) is 15.0 Å². The Kier molecular flexibility index (Phi) is 7.91. The van der Waals surface area contributed by atoms with Gasteiger partial charge >= 0.3 is 0 Å². The Labute approximate surface area is 196 Å². The van der Waals surface area contributed by atoms with Gasteiger partial charge in [0.1, 0.15) is 4.90 Å². The molecule has 0 radical (unpaired) electrons. The summed E-state index contributed by atoms with van der Waals surface area (Å²) in [5.74, 6) is 4.95. The lowest BCUT2D eigenvalue weighted by Crippen LogP contribution is -2.55. The predicted octanol–water partition coefficient (Wildman–Crippen LogP) is 4.76. The second kappa shape index (κ2) is 9.92. The largest absolute Gasteiger partial charge is 0.474 e. The van der Waals surface area contributed by atoms with Crippen molar-refractivity contribution in [2.45, 2.75) is 70.7 Å². The number of nitrogens with two attached hydrogens (primary N) is 1. The SMILES string of the molecule is CC(C)CSc1c(OCC(C)(C)CN)noc1C(=O)NC1C2CC3CC(C2)CC1C3.Cl. The number of hydrogen-bond acceptors (Lipinski definition) is 6. The third kappa shape index (κ3) is 5.53. The zero-order valence-electron chi connectivity index (χ0n) is 19.2. The minimum atomic E-state index is -0.165. The van der Waals surface area contributed by atoms with E-state index >= 15 is 0 Å².